The quantitative estimate of drug-likeness (QED) is 0.523. The van der Waals surface area contributed by atoms with Crippen molar-refractivity contribution in [2.45, 2.75) is 25.4 Å². The van der Waals surface area contributed by atoms with Crippen LogP contribution in [-0.2, 0) is 9.59 Å². The van der Waals surface area contributed by atoms with Gasteiger partial charge in [0.2, 0.25) is 11.8 Å². The summed E-state index contributed by atoms with van der Waals surface area (Å²) in [6, 6.07) is 5.62. The number of rotatable bonds is 5. The number of nitrogens with zero attached hydrogens (tertiary/aromatic N) is 6. The monoisotopic (exact) mass is 467 g/mol. The molecule has 0 saturated carbocycles. The number of hydrogen-bond acceptors (Lipinski definition) is 7. The van der Waals surface area contributed by atoms with Crippen molar-refractivity contribution in [2.24, 2.45) is 0 Å². The molecule has 3 rings (SSSR count). The Morgan fingerprint density at radius 1 is 1.24 bits per heavy atom. The predicted molar refractivity (Wildman–Crippen MR) is 120 cm³/mol. The van der Waals surface area contributed by atoms with Crippen molar-refractivity contribution in [2.75, 3.05) is 20.1 Å². The van der Waals surface area contributed by atoms with Crippen LogP contribution in [0, 0.1) is 11.3 Å². The lowest BCUT2D eigenvalue weighted by atomic mass is 9.91. The van der Waals surface area contributed by atoms with Gasteiger partial charge in [0.05, 0.1) is 36.0 Å². The molecule has 33 heavy (non-hydrogen) atoms. The van der Waals surface area contributed by atoms with Crippen LogP contribution in [0.2, 0.25) is 5.15 Å². The summed E-state index contributed by atoms with van der Waals surface area (Å²) < 4.78 is 0. The molecule has 0 spiro atoms. The van der Waals surface area contributed by atoms with Gasteiger partial charge in [-0.25, -0.2) is 15.0 Å². The first kappa shape index (κ1) is 23.8. The van der Waals surface area contributed by atoms with E-state index in [0.29, 0.717) is 17.0 Å². The topological polar surface area (TPSA) is 132 Å². The summed E-state index contributed by atoms with van der Waals surface area (Å²) in [5.74, 6) is -0.912. The van der Waals surface area contributed by atoms with E-state index in [0.717, 1.165) is 0 Å². The van der Waals surface area contributed by atoms with Gasteiger partial charge >= 0.3 is 0 Å². The third kappa shape index (κ3) is 4.99. The SMILES string of the molecule is C=CC(=O)N1CCN(C(C)=O)[C@@H](c2cc(Cl)nc(-c3cc(C(=O)NC)ncn3)c2)[C@@H]1CC#N. The number of pyridine rings is 1. The highest BCUT2D eigenvalue weighted by molar-refractivity contribution is 6.29. The fraction of sp³-hybridized carbons (Fsp3) is 0.318. The normalized spacial score (nSPS) is 17.8. The lowest BCUT2D eigenvalue weighted by molar-refractivity contribution is -0.143. The third-order valence-corrected chi connectivity index (χ3v) is 5.59. The Kier molecular flexibility index (Phi) is 7.35. The molecule has 1 saturated heterocycles. The molecule has 0 bridgehead atoms. The third-order valence-electron chi connectivity index (χ3n) is 5.39. The van der Waals surface area contributed by atoms with E-state index >= 15 is 0 Å². The molecule has 170 valence electrons. The van der Waals surface area contributed by atoms with Gasteiger partial charge in [0.25, 0.3) is 5.91 Å². The minimum Gasteiger partial charge on any atom is -0.354 e. The summed E-state index contributed by atoms with van der Waals surface area (Å²) in [6.45, 7) is 5.54. The number of amides is 3. The van der Waals surface area contributed by atoms with E-state index in [4.69, 9.17) is 11.6 Å². The predicted octanol–water partition coefficient (Wildman–Crippen LogP) is 1.75. The average Bonchev–Trinajstić information content (AvgIpc) is 2.82. The van der Waals surface area contributed by atoms with Gasteiger partial charge in [0, 0.05) is 27.1 Å². The molecule has 0 radical (unpaired) electrons. The van der Waals surface area contributed by atoms with Crippen LogP contribution in [0.5, 0.6) is 0 Å². The molecule has 3 heterocycles. The Morgan fingerprint density at radius 3 is 2.61 bits per heavy atom. The molecule has 1 aliphatic rings. The van der Waals surface area contributed by atoms with Crippen LogP contribution < -0.4 is 5.32 Å². The average molecular weight is 468 g/mol. The Labute approximate surface area is 195 Å². The molecular formula is C22H22ClN7O3. The minimum atomic E-state index is -0.640. The molecule has 0 unspecified atom stereocenters. The van der Waals surface area contributed by atoms with Crippen molar-refractivity contribution in [1.29, 1.82) is 5.26 Å². The molecule has 2 aromatic heterocycles. The largest absolute Gasteiger partial charge is 0.354 e. The van der Waals surface area contributed by atoms with Gasteiger partial charge in [-0.2, -0.15) is 5.26 Å². The molecule has 1 N–H and O–H groups in total. The summed E-state index contributed by atoms with van der Waals surface area (Å²) >= 11 is 6.33. The van der Waals surface area contributed by atoms with E-state index in [2.05, 4.69) is 32.9 Å². The van der Waals surface area contributed by atoms with Crippen LogP contribution in [0.15, 0.2) is 37.2 Å². The van der Waals surface area contributed by atoms with Crippen LogP contribution in [0.4, 0.5) is 0 Å². The first-order valence-electron chi connectivity index (χ1n) is 10.1. The maximum absolute atomic E-state index is 12.5. The minimum absolute atomic E-state index is 0.00235. The Morgan fingerprint density at radius 2 is 1.97 bits per heavy atom. The highest BCUT2D eigenvalue weighted by Crippen LogP contribution is 2.35. The van der Waals surface area contributed by atoms with Gasteiger partial charge in [-0.15, -0.1) is 0 Å². The van der Waals surface area contributed by atoms with Crippen LogP contribution >= 0.6 is 11.6 Å². The molecule has 0 aromatic carbocycles. The van der Waals surface area contributed by atoms with E-state index in [9.17, 15) is 19.6 Å². The zero-order chi connectivity index (χ0) is 24.1. The number of aromatic nitrogens is 3. The molecular weight excluding hydrogens is 446 g/mol. The van der Waals surface area contributed by atoms with E-state index in [1.54, 1.807) is 21.9 Å². The Hall–Kier alpha value is -3.84. The second-order valence-corrected chi connectivity index (χ2v) is 7.69. The van der Waals surface area contributed by atoms with Gasteiger partial charge in [0.1, 0.15) is 17.2 Å². The zero-order valence-corrected chi connectivity index (χ0v) is 18.9. The number of hydrogen-bond donors (Lipinski definition) is 1. The molecule has 2 atom stereocenters. The summed E-state index contributed by atoms with van der Waals surface area (Å²) in [6.07, 6.45) is 2.43. The first-order chi connectivity index (χ1) is 15.8. The molecule has 10 nitrogen and oxygen atoms in total. The van der Waals surface area contributed by atoms with E-state index in [1.165, 1.54) is 32.4 Å². The van der Waals surface area contributed by atoms with Gasteiger partial charge in [-0.1, -0.05) is 18.2 Å². The summed E-state index contributed by atoms with van der Waals surface area (Å²) in [7, 11) is 1.49. The second-order valence-electron chi connectivity index (χ2n) is 7.30. The Bertz CT molecular complexity index is 1150. The van der Waals surface area contributed by atoms with Crippen molar-refractivity contribution in [1.82, 2.24) is 30.1 Å². The Balaban J connectivity index is 2.14. The van der Waals surface area contributed by atoms with Crippen molar-refractivity contribution in [3.8, 4) is 17.5 Å². The zero-order valence-electron chi connectivity index (χ0n) is 18.2. The highest BCUT2D eigenvalue weighted by atomic mass is 35.5. The smallest absolute Gasteiger partial charge is 0.269 e. The fourth-order valence-electron chi connectivity index (χ4n) is 3.93. The van der Waals surface area contributed by atoms with E-state index in [-0.39, 0.29) is 48.1 Å². The molecule has 0 aliphatic carbocycles. The number of piperazine rings is 1. The van der Waals surface area contributed by atoms with Crippen LogP contribution in [0.25, 0.3) is 11.4 Å². The fourth-order valence-corrected chi connectivity index (χ4v) is 4.15. The van der Waals surface area contributed by atoms with E-state index < -0.39 is 12.1 Å². The highest BCUT2D eigenvalue weighted by Gasteiger charge is 2.40. The van der Waals surface area contributed by atoms with Crippen LogP contribution in [-0.4, -0.2) is 68.7 Å². The lowest BCUT2D eigenvalue weighted by Crippen LogP contribution is -2.57. The maximum Gasteiger partial charge on any atom is 0.269 e. The maximum atomic E-state index is 12.5. The molecule has 11 heteroatoms. The number of carbonyl (C=O) groups is 3. The van der Waals surface area contributed by atoms with Crippen molar-refractivity contribution in [3.05, 3.63) is 53.6 Å². The lowest BCUT2D eigenvalue weighted by Gasteiger charge is -2.46. The van der Waals surface area contributed by atoms with Gasteiger partial charge in [-0.3, -0.25) is 14.4 Å². The first-order valence-corrected chi connectivity index (χ1v) is 10.5. The van der Waals surface area contributed by atoms with Crippen molar-refractivity contribution >= 4 is 29.3 Å². The number of nitriles is 1. The van der Waals surface area contributed by atoms with Crippen LogP contribution in [0.1, 0.15) is 35.4 Å². The summed E-state index contributed by atoms with van der Waals surface area (Å²) in [5, 5.41) is 12.1. The molecule has 1 fully saturated rings. The van der Waals surface area contributed by atoms with Crippen molar-refractivity contribution < 1.29 is 14.4 Å². The standard InChI is InChI=1S/C22H22ClN7O3/c1-4-20(32)30-8-7-29(13(2)31)21(18(30)5-6-24)14-9-16(28-19(23)10-14)15-11-17(22(33)25-3)27-12-26-15/h4,9-12,18,21H,1,5,7-8H2,2-3H3,(H,25,33)/t18-,21-/m0/s1. The van der Waals surface area contributed by atoms with E-state index in [1.807, 2.05) is 0 Å². The number of halogens is 1. The molecule has 1 aliphatic heterocycles. The molecule has 3 amide bonds. The van der Waals surface area contributed by atoms with Gasteiger partial charge < -0.3 is 15.1 Å². The molecule has 2 aromatic rings. The van der Waals surface area contributed by atoms with Crippen molar-refractivity contribution in [3.63, 3.8) is 0 Å². The second kappa shape index (κ2) is 10.2. The number of carbonyl (C=O) groups excluding carboxylic acids is 3. The van der Waals surface area contributed by atoms with Gasteiger partial charge in [0.15, 0.2) is 0 Å². The van der Waals surface area contributed by atoms with Gasteiger partial charge in [-0.05, 0) is 29.8 Å². The number of nitrogens with one attached hydrogen (secondary N) is 1. The summed E-state index contributed by atoms with van der Waals surface area (Å²) in [5.41, 5.74) is 1.45. The van der Waals surface area contributed by atoms with Crippen LogP contribution in [0.3, 0.4) is 0 Å². The summed E-state index contributed by atoms with van der Waals surface area (Å²) in [4.78, 5) is 52.6.